The first kappa shape index (κ1) is 10.4. The molecule has 0 unspecified atom stereocenters. The fourth-order valence-corrected chi connectivity index (χ4v) is 2.58. The van der Waals surface area contributed by atoms with Crippen molar-refractivity contribution >= 4 is 17.7 Å². The molecule has 2 rings (SSSR count). The zero-order valence-corrected chi connectivity index (χ0v) is 9.29. The van der Waals surface area contributed by atoms with E-state index in [0.717, 1.165) is 0 Å². The maximum atomic E-state index is 11.5. The first-order chi connectivity index (χ1) is 7.31. The number of fused-ring (bicyclic) bond motifs is 1. The lowest BCUT2D eigenvalue weighted by Gasteiger charge is -2.28. The molecule has 0 bridgehead atoms. The third-order valence-electron chi connectivity index (χ3n) is 2.23. The summed E-state index contributed by atoms with van der Waals surface area (Å²) in [5.41, 5.74) is 0. The van der Waals surface area contributed by atoms with Gasteiger partial charge in [-0.25, -0.2) is 4.79 Å². The summed E-state index contributed by atoms with van der Waals surface area (Å²) < 4.78 is 4.95. The van der Waals surface area contributed by atoms with Gasteiger partial charge >= 0.3 is 5.97 Å². The molecule has 2 atom stereocenters. The molecule has 15 heavy (non-hydrogen) atoms. The fourth-order valence-electron chi connectivity index (χ4n) is 1.51. The van der Waals surface area contributed by atoms with Crippen LogP contribution in [0, 0.1) is 0 Å². The van der Waals surface area contributed by atoms with Crippen molar-refractivity contribution in [3.05, 3.63) is 35.4 Å². The highest BCUT2D eigenvalue weighted by Crippen LogP contribution is 2.31. The second-order valence-electron chi connectivity index (χ2n) is 3.27. The molecule has 1 heterocycles. The van der Waals surface area contributed by atoms with Crippen LogP contribution in [-0.2, 0) is 9.53 Å². The maximum absolute atomic E-state index is 11.5. The van der Waals surface area contributed by atoms with Gasteiger partial charge in [0.25, 0.3) is 0 Å². The van der Waals surface area contributed by atoms with Crippen LogP contribution >= 0.6 is 11.8 Å². The molecule has 1 aliphatic heterocycles. The molecule has 2 aliphatic rings. The van der Waals surface area contributed by atoms with Crippen LogP contribution in [0.25, 0.3) is 0 Å². The molecule has 1 aliphatic carbocycles. The van der Waals surface area contributed by atoms with E-state index in [-0.39, 0.29) is 12.0 Å². The van der Waals surface area contributed by atoms with Crippen molar-refractivity contribution in [2.75, 3.05) is 6.61 Å². The Morgan fingerprint density at radius 1 is 1.53 bits per heavy atom. The van der Waals surface area contributed by atoms with E-state index >= 15 is 0 Å². The smallest absolute Gasteiger partial charge is 0.346 e. The number of nitrogens with one attached hydrogen (secondary N) is 1. The van der Waals surface area contributed by atoms with E-state index in [4.69, 9.17) is 4.74 Å². The predicted octanol–water partition coefficient (Wildman–Crippen LogP) is 1.59. The lowest BCUT2D eigenvalue weighted by molar-refractivity contribution is -0.137. The normalized spacial score (nSPS) is 27.7. The number of thioether (sulfide) groups is 1. The average Bonchev–Trinajstić information content (AvgIpc) is 2.29. The monoisotopic (exact) mass is 223 g/mol. The first-order valence-corrected chi connectivity index (χ1v) is 5.84. The van der Waals surface area contributed by atoms with E-state index in [0.29, 0.717) is 16.8 Å². The molecule has 0 fully saturated rings. The highest BCUT2D eigenvalue weighted by Gasteiger charge is 2.27. The second-order valence-corrected chi connectivity index (χ2v) is 4.49. The van der Waals surface area contributed by atoms with Gasteiger partial charge in [-0.3, -0.25) is 0 Å². The quantitative estimate of drug-likeness (QED) is 0.721. The number of carbonyl (C=O) groups excluding carboxylic acids is 1. The summed E-state index contributed by atoms with van der Waals surface area (Å²) in [7, 11) is 0. The topological polar surface area (TPSA) is 38.3 Å². The van der Waals surface area contributed by atoms with Crippen molar-refractivity contribution in [1.82, 2.24) is 5.32 Å². The van der Waals surface area contributed by atoms with Crippen LogP contribution in [0.2, 0.25) is 0 Å². The Labute approximate surface area is 93.3 Å². The molecule has 0 aromatic heterocycles. The standard InChI is InChI=1S/C11H13NO2S/c1-2-14-11(13)10-7-12-8-5-3-4-6-9(8)15-10/h3-9,12H,2H2,1H3/t8-,9+/m0/s1. The van der Waals surface area contributed by atoms with Crippen molar-refractivity contribution in [3.8, 4) is 0 Å². The molecule has 80 valence electrons. The molecule has 0 spiro atoms. The van der Waals surface area contributed by atoms with Crippen LogP contribution in [0.15, 0.2) is 35.4 Å². The summed E-state index contributed by atoms with van der Waals surface area (Å²) in [5, 5.41) is 3.48. The Hall–Kier alpha value is -1.16. The van der Waals surface area contributed by atoms with Gasteiger partial charge in [0.15, 0.2) is 0 Å². The van der Waals surface area contributed by atoms with Gasteiger partial charge in [0, 0.05) is 6.20 Å². The Kier molecular flexibility index (Phi) is 3.16. The summed E-state index contributed by atoms with van der Waals surface area (Å²) in [6, 6.07) is 0.290. The average molecular weight is 223 g/mol. The Morgan fingerprint density at radius 3 is 3.13 bits per heavy atom. The molecular formula is C11H13NO2S. The Bertz CT molecular complexity index is 346. The van der Waals surface area contributed by atoms with Crippen LogP contribution in [0.1, 0.15) is 6.92 Å². The molecule has 0 aromatic rings. The number of rotatable bonds is 2. The summed E-state index contributed by atoms with van der Waals surface area (Å²) in [6.07, 6.45) is 9.94. The minimum Gasteiger partial charge on any atom is -0.462 e. The number of allylic oxidation sites excluding steroid dienone is 2. The molecule has 0 radical (unpaired) electrons. The largest absolute Gasteiger partial charge is 0.462 e. The van der Waals surface area contributed by atoms with Crippen molar-refractivity contribution in [2.45, 2.75) is 18.2 Å². The van der Waals surface area contributed by atoms with E-state index in [9.17, 15) is 4.79 Å². The third-order valence-corrected chi connectivity index (χ3v) is 3.49. The van der Waals surface area contributed by atoms with Gasteiger partial charge in [-0.1, -0.05) is 24.3 Å². The number of esters is 1. The molecule has 0 amide bonds. The van der Waals surface area contributed by atoms with Crippen molar-refractivity contribution < 1.29 is 9.53 Å². The zero-order valence-electron chi connectivity index (χ0n) is 8.47. The minimum atomic E-state index is -0.239. The van der Waals surface area contributed by atoms with E-state index in [1.165, 1.54) is 0 Å². The number of carbonyl (C=O) groups is 1. The van der Waals surface area contributed by atoms with Gasteiger partial charge < -0.3 is 10.1 Å². The van der Waals surface area contributed by atoms with Gasteiger partial charge in [0.2, 0.25) is 0 Å². The third kappa shape index (κ3) is 2.26. The lowest BCUT2D eigenvalue weighted by atomic mass is 10.1. The van der Waals surface area contributed by atoms with Crippen molar-refractivity contribution in [3.63, 3.8) is 0 Å². The van der Waals surface area contributed by atoms with Crippen LogP contribution in [0.5, 0.6) is 0 Å². The Morgan fingerprint density at radius 2 is 2.33 bits per heavy atom. The van der Waals surface area contributed by atoms with Gasteiger partial charge in [-0.2, -0.15) is 0 Å². The van der Waals surface area contributed by atoms with Gasteiger partial charge in [-0.05, 0) is 6.92 Å². The van der Waals surface area contributed by atoms with E-state index < -0.39 is 0 Å². The molecule has 0 saturated heterocycles. The summed E-state index contributed by atoms with van der Waals surface area (Å²) >= 11 is 1.55. The summed E-state index contributed by atoms with van der Waals surface area (Å²) in [4.78, 5) is 12.1. The van der Waals surface area contributed by atoms with Crippen molar-refractivity contribution in [2.24, 2.45) is 0 Å². The van der Waals surface area contributed by atoms with Crippen LogP contribution in [0.3, 0.4) is 0 Å². The maximum Gasteiger partial charge on any atom is 0.346 e. The predicted molar refractivity (Wildman–Crippen MR) is 61.3 cm³/mol. The van der Waals surface area contributed by atoms with Crippen LogP contribution < -0.4 is 5.32 Å². The number of ether oxygens (including phenoxy) is 1. The molecule has 0 saturated carbocycles. The van der Waals surface area contributed by atoms with Gasteiger partial charge in [0.05, 0.1) is 17.9 Å². The highest BCUT2D eigenvalue weighted by atomic mass is 32.2. The molecule has 3 nitrogen and oxygen atoms in total. The van der Waals surface area contributed by atoms with Crippen molar-refractivity contribution in [1.29, 1.82) is 0 Å². The fraction of sp³-hybridized carbons (Fsp3) is 0.364. The molecule has 0 aromatic carbocycles. The Balaban J connectivity index is 2.05. The lowest BCUT2D eigenvalue weighted by Crippen LogP contribution is -2.37. The minimum absolute atomic E-state index is 0.239. The van der Waals surface area contributed by atoms with Crippen LogP contribution in [-0.4, -0.2) is 23.9 Å². The number of hydrogen-bond acceptors (Lipinski definition) is 4. The SMILES string of the molecule is CCOC(=O)C1=CN[C@H]2C=CC=C[C@H]2S1. The molecule has 4 heteroatoms. The summed E-state index contributed by atoms with van der Waals surface area (Å²) in [6.45, 7) is 2.23. The molecule has 1 N–H and O–H groups in total. The van der Waals surface area contributed by atoms with E-state index in [1.807, 2.05) is 19.1 Å². The van der Waals surface area contributed by atoms with Gasteiger partial charge in [-0.15, -0.1) is 11.8 Å². The number of hydrogen-bond donors (Lipinski definition) is 1. The van der Waals surface area contributed by atoms with E-state index in [2.05, 4.69) is 17.5 Å². The van der Waals surface area contributed by atoms with Crippen LogP contribution in [0.4, 0.5) is 0 Å². The molecular weight excluding hydrogens is 210 g/mol. The zero-order chi connectivity index (χ0) is 10.7. The van der Waals surface area contributed by atoms with Gasteiger partial charge in [0.1, 0.15) is 4.91 Å². The summed E-state index contributed by atoms with van der Waals surface area (Å²) in [5.74, 6) is -0.239. The first-order valence-electron chi connectivity index (χ1n) is 4.96. The highest BCUT2D eigenvalue weighted by molar-refractivity contribution is 8.04. The van der Waals surface area contributed by atoms with E-state index in [1.54, 1.807) is 18.0 Å². The second kappa shape index (κ2) is 4.57.